The number of aliphatic hydroxyl groups excluding tert-OH is 1. The number of thiophene rings is 1. The Kier molecular flexibility index (Phi) is 13.4. The van der Waals surface area contributed by atoms with E-state index in [0.717, 1.165) is 42.3 Å². The average Bonchev–Trinajstić information content (AvgIpc) is 3.45. The maximum absolute atomic E-state index is 12.2. The number of pyridine rings is 1. The molecule has 0 atom stereocenters. The smallest absolute Gasteiger partial charge is 0.164 e. The number of benzene rings is 3. The van der Waals surface area contributed by atoms with Crippen molar-refractivity contribution >= 4 is 65.7 Å². The maximum atomic E-state index is 12.2. The number of rotatable bonds is 9. The number of fused-ring (bicyclic) bond motifs is 4. The fourth-order valence-electron chi connectivity index (χ4n) is 6.20. The molecule has 0 saturated heterocycles. The fraction of sp³-hybridized carbons (Fsp3) is 0.442. The molecular weight excluding hydrogens is 859 g/mol. The summed E-state index contributed by atoms with van der Waals surface area (Å²) in [5, 5.41) is 15.2. The number of carbonyl (C=O) groups excluding carboxylic acids is 1. The van der Waals surface area contributed by atoms with Gasteiger partial charge in [0.25, 0.3) is 0 Å². The Balaban J connectivity index is 0.000000312. The standard InChI is InChI=1S/C28H28GeNS.C15H28O2.Ir/c1-28(2,3)22-17-19(16-18-10-7-8-11-20(18)22)26-25-21-12-9-13-23(29(4,5)6)27(21)31-24(25)14-15-30-26;1-7-14(5,8-2)12(16)11-13(17)15(6,9-3)10-4;/h7-15,17H,1-6H3;11,16H,7-10H2,1-6H3;/q-1;;/b;12-11-;. The first-order valence-corrected chi connectivity index (χ1v) is 25.8. The van der Waals surface area contributed by atoms with Crippen LogP contribution in [0, 0.1) is 16.9 Å². The van der Waals surface area contributed by atoms with Gasteiger partial charge in [-0.05, 0) is 25.7 Å². The van der Waals surface area contributed by atoms with E-state index in [-0.39, 0.29) is 47.9 Å². The van der Waals surface area contributed by atoms with E-state index in [0.29, 0.717) is 0 Å². The molecule has 1 radical (unpaired) electrons. The van der Waals surface area contributed by atoms with Gasteiger partial charge in [-0.2, -0.15) is 0 Å². The molecule has 49 heavy (non-hydrogen) atoms. The first kappa shape index (κ1) is 41.1. The molecule has 265 valence electrons. The van der Waals surface area contributed by atoms with E-state index in [9.17, 15) is 9.90 Å². The molecule has 0 aliphatic heterocycles. The van der Waals surface area contributed by atoms with Crippen LogP contribution in [0.15, 0.2) is 72.6 Å². The number of hydrogen-bond donors (Lipinski definition) is 1. The predicted octanol–water partition coefficient (Wildman–Crippen LogP) is 12.6. The van der Waals surface area contributed by atoms with E-state index in [1.54, 1.807) is 4.40 Å². The minimum atomic E-state index is -1.99. The van der Waals surface area contributed by atoms with Gasteiger partial charge in [0.15, 0.2) is 5.78 Å². The normalized spacial score (nSPS) is 12.9. The number of carbonyl (C=O) groups is 1. The van der Waals surface area contributed by atoms with Crippen molar-refractivity contribution < 1.29 is 30.0 Å². The molecule has 0 saturated carbocycles. The topological polar surface area (TPSA) is 50.2 Å². The molecule has 0 fully saturated rings. The molecule has 2 heterocycles. The van der Waals surface area contributed by atoms with Crippen LogP contribution in [0.1, 0.15) is 93.6 Å². The van der Waals surface area contributed by atoms with Crippen molar-refractivity contribution in [2.75, 3.05) is 0 Å². The van der Waals surface area contributed by atoms with Crippen LogP contribution in [0.2, 0.25) is 17.3 Å². The Morgan fingerprint density at radius 1 is 0.857 bits per heavy atom. The van der Waals surface area contributed by atoms with Crippen LogP contribution < -0.4 is 4.40 Å². The van der Waals surface area contributed by atoms with Gasteiger partial charge < -0.3 is 5.11 Å². The zero-order valence-electron chi connectivity index (χ0n) is 31.7. The van der Waals surface area contributed by atoms with E-state index in [2.05, 4.69) is 98.7 Å². The molecule has 0 amide bonds. The molecule has 0 aliphatic carbocycles. The monoisotopic (exact) mass is 917 g/mol. The Morgan fingerprint density at radius 2 is 1.45 bits per heavy atom. The van der Waals surface area contributed by atoms with Gasteiger partial charge >= 0.3 is 192 Å². The van der Waals surface area contributed by atoms with Gasteiger partial charge in [0.1, 0.15) is 5.76 Å². The molecule has 5 aromatic rings. The van der Waals surface area contributed by atoms with Gasteiger partial charge in [-0.3, -0.25) is 4.79 Å². The van der Waals surface area contributed by atoms with Crippen molar-refractivity contribution in [3.63, 3.8) is 0 Å². The van der Waals surface area contributed by atoms with Gasteiger partial charge in [0.2, 0.25) is 0 Å². The summed E-state index contributed by atoms with van der Waals surface area (Å²) >= 11 is -0.0555. The molecule has 0 spiro atoms. The summed E-state index contributed by atoms with van der Waals surface area (Å²) in [4.78, 5) is 17.1. The summed E-state index contributed by atoms with van der Waals surface area (Å²) in [7, 11) is 0. The van der Waals surface area contributed by atoms with Gasteiger partial charge in [0, 0.05) is 37.0 Å². The number of aromatic nitrogens is 1. The number of aliphatic hydroxyl groups is 1. The van der Waals surface area contributed by atoms with Gasteiger partial charge in [-0.1, -0.05) is 41.5 Å². The van der Waals surface area contributed by atoms with Crippen molar-refractivity contribution in [3.8, 4) is 11.3 Å². The SMILES string of the molecule is CC(C)(C)c1cc(-c2nccc3sc4[c]([Ge]([CH3])([CH3])[CH3])cccc4c23)[c-]c2ccccc12.CCC(C)(CC)C(=O)/C=C(\O)C(C)(CC)CC.[Ir]. The summed E-state index contributed by atoms with van der Waals surface area (Å²) in [5.41, 5.74) is 2.94. The van der Waals surface area contributed by atoms with Crippen LogP contribution in [0.25, 0.3) is 42.2 Å². The molecule has 5 rings (SSSR count). The minimum Gasteiger partial charge on any atom is -0.512 e. The van der Waals surface area contributed by atoms with Crippen LogP contribution in [0.3, 0.4) is 0 Å². The molecule has 3 aromatic carbocycles. The summed E-state index contributed by atoms with van der Waals surface area (Å²) in [6.07, 6.45) is 6.72. The van der Waals surface area contributed by atoms with Crippen molar-refractivity contribution in [1.29, 1.82) is 0 Å². The van der Waals surface area contributed by atoms with Crippen molar-refractivity contribution in [2.45, 2.75) is 111 Å². The number of allylic oxidation sites excluding steroid dienone is 2. The first-order chi connectivity index (χ1) is 22.4. The van der Waals surface area contributed by atoms with Crippen LogP contribution in [-0.4, -0.2) is 29.1 Å². The number of nitrogens with zero attached hydrogens (tertiary/aromatic N) is 1. The second-order valence-electron chi connectivity index (χ2n) is 15.9. The first-order valence-electron chi connectivity index (χ1n) is 17.7. The summed E-state index contributed by atoms with van der Waals surface area (Å²) in [6.45, 7) is 18.9. The second-order valence-corrected chi connectivity index (χ2v) is 27.5. The Hall–Kier alpha value is -2.31. The molecule has 6 heteroatoms. The van der Waals surface area contributed by atoms with Crippen molar-refractivity contribution in [2.24, 2.45) is 10.8 Å². The van der Waals surface area contributed by atoms with E-state index >= 15 is 0 Å². The number of hydrogen-bond acceptors (Lipinski definition) is 4. The molecule has 1 N–H and O–H groups in total. The average molecular weight is 916 g/mol. The second kappa shape index (κ2) is 15.9. The third-order valence-corrected chi connectivity index (χ3v) is 16.5. The summed E-state index contributed by atoms with van der Waals surface area (Å²) < 4.78 is 4.36. The Morgan fingerprint density at radius 3 is 2.02 bits per heavy atom. The fourth-order valence-corrected chi connectivity index (χ4v) is 12.2. The molecule has 0 bridgehead atoms. The van der Waals surface area contributed by atoms with Gasteiger partial charge in [-0.15, -0.1) is 0 Å². The van der Waals surface area contributed by atoms with Crippen LogP contribution in [-0.2, 0) is 30.3 Å². The summed E-state index contributed by atoms with van der Waals surface area (Å²) in [6, 6.07) is 23.7. The van der Waals surface area contributed by atoms with Gasteiger partial charge in [-0.25, -0.2) is 0 Å². The molecule has 2 aromatic heterocycles. The largest absolute Gasteiger partial charge is 0.512 e. The Bertz CT molecular complexity index is 1950. The maximum Gasteiger partial charge on any atom is 0.164 e. The molecule has 3 nitrogen and oxygen atoms in total. The molecule has 0 aliphatic rings. The van der Waals surface area contributed by atoms with E-state index < -0.39 is 13.3 Å². The summed E-state index contributed by atoms with van der Waals surface area (Å²) in [5.74, 6) is 7.72. The van der Waals surface area contributed by atoms with Crippen LogP contribution in [0.4, 0.5) is 0 Å². The molecular formula is C43H56GeIrNO2S-. The third-order valence-electron chi connectivity index (χ3n) is 10.7. The van der Waals surface area contributed by atoms with Crippen LogP contribution in [0.5, 0.6) is 0 Å². The van der Waals surface area contributed by atoms with Gasteiger partial charge in [0.05, 0.1) is 0 Å². The van der Waals surface area contributed by atoms with Crippen LogP contribution >= 0.6 is 11.3 Å². The van der Waals surface area contributed by atoms with E-state index in [4.69, 9.17) is 4.98 Å². The number of ketones is 1. The Labute approximate surface area is 315 Å². The van der Waals surface area contributed by atoms with Crippen molar-refractivity contribution in [1.82, 2.24) is 4.98 Å². The zero-order valence-corrected chi connectivity index (χ0v) is 37.0. The van der Waals surface area contributed by atoms with Crippen molar-refractivity contribution in [3.05, 3.63) is 84.3 Å². The third kappa shape index (κ3) is 8.60. The van der Waals surface area contributed by atoms with E-state index in [1.165, 1.54) is 37.2 Å². The van der Waals surface area contributed by atoms with E-state index in [1.807, 2.05) is 59.1 Å². The predicted molar refractivity (Wildman–Crippen MR) is 214 cm³/mol. The minimum absolute atomic E-state index is 0. The zero-order chi connectivity index (χ0) is 35.7. The quantitative estimate of drug-likeness (QED) is 0.0694. The molecule has 0 unspecified atom stereocenters.